The highest BCUT2D eigenvalue weighted by Crippen LogP contribution is 2.30. The fourth-order valence-corrected chi connectivity index (χ4v) is 2.09. The maximum absolute atomic E-state index is 6.05. The Morgan fingerprint density at radius 1 is 1.30 bits per heavy atom. The maximum Gasteiger partial charge on any atom is 0.100 e. The number of rotatable bonds is 3. The molecule has 0 aliphatic rings. The summed E-state index contributed by atoms with van der Waals surface area (Å²) < 4.78 is 0. The second kappa shape index (κ2) is 7.71. The number of halogens is 1. The van der Waals surface area contributed by atoms with Crippen LogP contribution in [-0.2, 0) is 0 Å². The van der Waals surface area contributed by atoms with E-state index in [-0.39, 0.29) is 0 Å². The van der Waals surface area contributed by atoms with Crippen molar-refractivity contribution < 1.29 is 0 Å². The fourth-order valence-electron chi connectivity index (χ4n) is 1.92. The van der Waals surface area contributed by atoms with E-state index in [9.17, 15) is 0 Å². The molecule has 1 aromatic carbocycles. The third-order valence-electron chi connectivity index (χ3n) is 2.83. The van der Waals surface area contributed by atoms with Crippen LogP contribution in [0.3, 0.4) is 0 Å². The van der Waals surface area contributed by atoms with Crippen LogP contribution in [0.4, 0.5) is 0 Å². The minimum absolute atomic E-state index is 0.709. The molecule has 0 aliphatic carbocycles. The van der Waals surface area contributed by atoms with Crippen LogP contribution in [-0.4, -0.2) is 10.2 Å². The Balaban J connectivity index is 0.000000956. The summed E-state index contributed by atoms with van der Waals surface area (Å²) >= 11 is 6.05. The van der Waals surface area contributed by atoms with E-state index in [1.165, 1.54) is 0 Å². The third-order valence-corrected chi connectivity index (χ3v) is 3.06. The van der Waals surface area contributed by atoms with Crippen LogP contribution >= 0.6 is 11.6 Å². The summed E-state index contributed by atoms with van der Waals surface area (Å²) in [6.07, 6.45) is 5.76. The summed E-state index contributed by atoms with van der Waals surface area (Å²) in [6, 6.07) is 5.81. The van der Waals surface area contributed by atoms with Gasteiger partial charge in [-0.2, -0.15) is 5.10 Å². The minimum Gasteiger partial charge on any atom is -0.277 e. The Bertz CT molecular complexity index is 609. The van der Waals surface area contributed by atoms with E-state index in [2.05, 4.69) is 16.8 Å². The van der Waals surface area contributed by atoms with E-state index in [0.29, 0.717) is 5.02 Å². The molecule has 0 saturated heterocycles. The van der Waals surface area contributed by atoms with Crippen molar-refractivity contribution in [1.82, 2.24) is 10.2 Å². The summed E-state index contributed by atoms with van der Waals surface area (Å²) in [5, 5.41) is 8.10. The van der Waals surface area contributed by atoms with Gasteiger partial charge >= 0.3 is 0 Å². The number of allylic oxidation sites excluding steroid dienone is 1. The molecule has 1 N–H and O–H groups in total. The van der Waals surface area contributed by atoms with Gasteiger partial charge in [-0.05, 0) is 37.6 Å². The molecule has 0 saturated carbocycles. The smallest absolute Gasteiger partial charge is 0.100 e. The normalized spacial score (nSPS) is 10.2. The van der Waals surface area contributed by atoms with Gasteiger partial charge in [0.2, 0.25) is 0 Å². The predicted octanol–water partition coefficient (Wildman–Crippen LogP) is 5.74. The average molecular weight is 289 g/mol. The second-order valence-corrected chi connectivity index (χ2v) is 4.50. The Hall–Kier alpha value is -1.80. The van der Waals surface area contributed by atoms with Crippen molar-refractivity contribution in [1.29, 1.82) is 0 Å². The Kier molecular flexibility index (Phi) is 6.26. The Labute approximate surface area is 126 Å². The molecule has 106 valence electrons. The number of aromatic amines is 1. The molecular weight excluding hydrogens is 268 g/mol. The first-order valence-corrected chi connectivity index (χ1v) is 7.15. The molecule has 0 bridgehead atoms. The Morgan fingerprint density at radius 3 is 2.60 bits per heavy atom. The number of aromatic nitrogens is 2. The molecule has 0 radical (unpaired) electrons. The van der Waals surface area contributed by atoms with Crippen LogP contribution in [0, 0.1) is 6.92 Å². The lowest BCUT2D eigenvalue weighted by Gasteiger charge is -2.04. The first kappa shape index (κ1) is 16.3. The molecule has 0 aliphatic heterocycles. The van der Waals surface area contributed by atoms with E-state index in [0.717, 1.165) is 28.1 Å². The minimum atomic E-state index is 0.709. The number of aryl methyl sites for hydroxylation is 1. The van der Waals surface area contributed by atoms with Gasteiger partial charge in [0.15, 0.2) is 0 Å². The van der Waals surface area contributed by atoms with Gasteiger partial charge in [0.05, 0.1) is 5.69 Å². The number of hydrogen-bond donors (Lipinski definition) is 1. The van der Waals surface area contributed by atoms with Gasteiger partial charge in [0, 0.05) is 16.1 Å². The number of H-pyrrole nitrogens is 1. The van der Waals surface area contributed by atoms with Crippen molar-refractivity contribution in [3.63, 3.8) is 0 Å². The van der Waals surface area contributed by atoms with E-state index in [1.807, 2.05) is 64.1 Å². The highest BCUT2D eigenvalue weighted by atomic mass is 35.5. The van der Waals surface area contributed by atoms with E-state index in [1.54, 1.807) is 0 Å². The SMILES string of the molecule is C=Cc1c(-c2cc(Cl)ccc2C)n[nH]c1/C=C\C.CC. The molecule has 1 heterocycles. The number of nitrogens with one attached hydrogen (secondary N) is 1. The zero-order valence-corrected chi connectivity index (χ0v) is 13.3. The van der Waals surface area contributed by atoms with E-state index >= 15 is 0 Å². The van der Waals surface area contributed by atoms with E-state index in [4.69, 9.17) is 11.6 Å². The van der Waals surface area contributed by atoms with Crippen LogP contribution in [0.25, 0.3) is 23.4 Å². The van der Waals surface area contributed by atoms with Crippen LogP contribution < -0.4 is 0 Å². The van der Waals surface area contributed by atoms with Gasteiger partial charge in [0.1, 0.15) is 5.69 Å². The summed E-state index contributed by atoms with van der Waals surface area (Å²) in [5.74, 6) is 0. The van der Waals surface area contributed by atoms with Crippen LogP contribution in [0.1, 0.15) is 37.6 Å². The first-order chi connectivity index (χ1) is 9.67. The third kappa shape index (κ3) is 3.40. The molecule has 0 unspecified atom stereocenters. The topological polar surface area (TPSA) is 28.7 Å². The Morgan fingerprint density at radius 2 is 2.00 bits per heavy atom. The summed E-state index contributed by atoms with van der Waals surface area (Å²) in [5.41, 5.74) is 5.02. The molecule has 2 rings (SSSR count). The summed E-state index contributed by atoms with van der Waals surface area (Å²) in [4.78, 5) is 0. The maximum atomic E-state index is 6.05. The number of hydrogen-bond acceptors (Lipinski definition) is 1. The van der Waals surface area contributed by atoms with Gasteiger partial charge in [0.25, 0.3) is 0 Å². The zero-order chi connectivity index (χ0) is 15.1. The average Bonchev–Trinajstić information content (AvgIpc) is 2.87. The zero-order valence-electron chi connectivity index (χ0n) is 12.5. The lowest BCUT2D eigenvalue weighted by molar-refractivity contribution is 1.08. The van der Waals surface area contributed by atoms with Gasteiger partial charge in [-0.3, -0.25) is 5.10 Å². The lowest BCUT2D eigenvalue weighted by Crippen LogP contribution is -1.86. The molecule has 0 spiro atoms. The number of nitrogens with zero attached hydrogens (tertiary/aromatic N) is 1. The van der Waals surface area contributed by atoms with Gasteiger partial charge in [-0.25, -0.2) is 0 Å². The fraction of sp³-hybridized carbons (Fsp3) is 0.235. The van der Waals surface area contributed by atoms with Crippen molar-refractivity contribution in [2.75, 3.05) is 0 Å². The molecule has 0 amide bonds. The monoisotopic (exact) mass is 288 g/mol. The molecule has 2 nitrogen and oxygen atoms in total. The van der Waals surface area contributed by atoms with Crippen molar-refractivity contribution in [3.05, 3.63) is 52.7 Å². The van der Waals surface area contributed by atoms with Crippen molar-refractivity contribution in [3.8, 4) is 11.3 Å². The molecule has 1 aromatic heterocycles. The van der Waals surface area contributed by atoms with Crippen molar-refractivity contribution in [2.45, 2.75) is 27.7 Å². The highest BCUT2D eigenvalue weighted by molar-refractivity contribution is 6.30. The molecule has 0 atom stereocenters. The molecular formula is C17H21ClN2. The first-order valence-electron chi connectivity index (χ1n) is 6.77. The largest absolute Gasteiger partial charge is 0.277 e. The van der Waals surface area contributed by atoms with Crippen molar-refractivity contribution in [2.24, 2.45) is 0 Å². The molecule has 2 aromatic rings. The second-order valence-electron chi connectivity index (χ2n) is 4.06. The highest BCUT2D eigenvalue weighted by Gasteiger charge is 2.12. The van der Waals surface area contributed by atoms with Crippen LogP contribution in [0.2, 0.25) is 5.02 Å². The molecule has 20 heavy (non-hydrogen) atoms. The quantitative estimate of drug-likeness (QED) is 0.766. The summed E-state index contributed by atoms with van der Waals surface area (Å²) in [7, 11) is 0. The van der Waals surface area contributed by atoms with Crippen molar-refractivity contribution >= 4 is 23.8 Å². The van der Waals surface area contributed by atoms with E-state index < -0.39 is 0 Å². The van der Waals surface area contributed by atoms with Gasteiger partial charge in [-0.1, -0.05) is 50.2 Å². The van der Waals surface area contributed by atoms with Crippen LogP contribution in [0.5, 0.6) is 0 Å². The predicted molar refractivity (Wildman–Crippen MR) is 89.9 cm³/mol. The van der Waals surface area contributed by atoms with Gasteiger partial charge < -0.3 is 0 Å². The molecule has 0 fully saturated rings. The summed E-state index contributed by atoms with van der Waals surface area (Å²) in [6.45, 7) is 11.9. The standard InChI is InChI=1S/C15H15ClN2.C2H6/c1-4-6-14-12(5-2)15(18-17-14)13-9-11(16)8-7-10(13)3;1-2/h4-9H,2H2,1,3H3,(H,17,18);1-2H3/b6-4-;. The van der Waals surface area contributed by atoms with Gasteiger partial charge in [-0.15, -0.1) is 0 Å². The lowest BCUT2D eigenvalue weighted by atomic mass is 10.0. The molecule has 3 heteroatoms. The van der Waals surface area contributed by atoms with Crippen LogP contribution in [0.15, 0.2) is 30.9 Å². The number of benzene rings is 1.